The number of ketones is 1. The number of hydrogen-bond donors (Lipinski definition) is 5. The van der Waals surface area contributed by atoms with Crippen LogP contribution in [0.5, 0.6) is 5.75 Å². The molecule has 48 heavy (non-hydrogen) atoms. The summed E-state index contributed by atoms with van der Waals surface area (Å²) in [6, 6.07) is 22.7. The number of benzene rings is 4. The van der Waals surface area contributed by atoms with Crippen LogP contribution in [0.25, 0.3) is 11.1 Å². The van der Waals surface area contributed by atoms with Crippen LogP contribution >= 0.6 is 0 Å². The molecule has 11 nitrogen and oxygen atoms in total. The first-order chi connectivity index (χ1) is 22.9. The summed E-state index contributed by atoms with van der Waals surface area (Å²) in [6.45, 7) is -0.563. The third-order valence-corrected chi connectivity index (χ3v) is 10.7. The molecule has 250 valence electrons. The first-order valence-electron chi connectivity index (χ1n) is 15.0. The Bertz CT molecular complexity index is 1920. The number of amides is 1. The zero-order chi connectivity index (χ0) is 34.3. The van der Waals surface area contributed by atoms with Crippen molar-refractivity contribution in [2.75, 3.05) is 17.3 Å². The highest BCUT2D eigenvalue weighted by Gasteiger charge is 2.57. The summed E-state index contributed by atoms with van der Waals surface area (Å²) in [5, 5.41) is 49.8. The van der Waals surface area contributed by atoms with E-state index in [1.165, 1.54) is 29.2 Å². The lowest BCUT2D eigenvalue weighted by Crippen LogP contribution is -2.63. The van der Waals surface area contributed by atoms with Crippen molar-refractivity contribution in [3.8, 4) is 16.9 Å². The number of Topliss-reactive ketones (excluding diaryl/α,β-unsaturated/α-hetero) is 1. The average molecular weight is 678 g/mol. The van der Waals surface area contributed by atoms with E-state index in [9.17, 15) is 47.9 Å². The van der Waals surface area contributed by atoms with E-state index >= 15 is 0 Å². The van der Waals surface area contributed by atoms with Crippen molar-refractivity contribution in [1.82, 2.24) is 0 Å². The van der Waals surface area contributed by atoms with Gasteiger partial charge in [0.25, 0.3) is 0 Å². The van der Waals surface area contributed by atoms with E-state index < -0.39 is 81.5 Å². The standard InChI is InChI=1S/C35H32FNO10S/c36-23-13-10-20(11-14-23)27(40)18-48(45,46)34-29(37(35(34)44)24-4-2-1-3-5-24)25-15-12-22(16-26(25)39)19-6-8-21(9-7-19)33-32(43)31(42)30(41)28(17-38)47-33/h1-16,28-34,38-39,41-43H,17-18H2/t28-,29-,30-,31+,32-,33?,34-/m1/s1. The highest BCUT2D eigenvalue weighted by molar-refractivity contribution is 7.93. The summed E-state index contributed by atoms with van der Waals surface area (Å²) in [5.74, 6) is -3.44. The van der Waals surface area contributed by atoms with Gasteiger partial charge in [-0.2, -0.15) is 0 Å². The number of sulfone groups is 1. The van der Waals surface area contributed by atoms with Gasteiger partial charge in [-0.15, -0.1) is 0 Å². The minimum Gasteiger partial charge on any atom is -0.508 e. The summed E-state index contributed by atoms with van der Waals surface area (Å²) < 4.78 is 46.2. The van der Waals surface area contributed by atoms with Gasteiger partial charge in [-0.3, -0.25) is 9.59 Å². The van der Waals surface area contributed by atoms with Crippen molar-refractivity contribution in [1.29, 1.82) is 0 Å². The quantitative estimate of drug-likeness (QED) is 0.130. The number of aliphatic hydroxyl groups is 4. The molecule has 0 saturated carbocycles. The molecule has 2 fully saturated rings. The fraction of sp³-hybridized carbons (Fsp3) is 0.257. The summed E-state index contributed by atoms with van der Waals surface area (Å²) in [4.78, 5) is 27.6. The Morgan fingerprint density at radius 3 is 2.10 bits per heavy atom. The molecule has 4 aromatic carbocycles. The third-order valence-electron chi connectivity index (χ3n) is 8.78. The maximum atomic E-state index is 13.6. The lowest BCUT2D eigenvalue weighted by molar-refractivity contribution is -0.231. The van der Waals surface area contributed by atoms with E-state index in [1.54, 1.807) is 60.7 Å². The summed E-state index contributed by atoms with van der Waals surface area (Å²) in [5.41, 5.74) is 2.13. The van der Waals surface area contributed by atoms with Gasteiger partial charge in [-0.1, -0.05) is 54.6 Å². The van der Waals surface area contributed by atoms with Crippen molar-refractivity contribution in [3.05, 3.63) is 120 Å². The number of aromatic hydroxyl groups is 1. The predicted molar refractivity (Wildman–Crippen MR) is 171 cm³/mol. The van der Waals surface area contributed by atoms with Crippen LogP contribution in [0.2, 0.25) is 0 Å². The van der Waals surface area contributed by atoms with Gasteiger partial charge in [0.1, 0.15) is 47.8 Å². The number of anilines is 1. The molecular formula is C35H32FNO10S. The van der Waals surface area contributed by atoms with Crippen molar-refractivity contribution in [3.63, 3.8) is 0 Å². The van der Waals surface area contributed by atoms with Crippen LogP contribution in [0, 0.1) is 5.82 Å². The van der Waals surface area contributed by atoms with Crippen LogP contribution in [0.4, 0.5) is 10.1 Å². The number of aliphatic hydroxyl groups excluding tert-OH is 4. The number of halogens is 1. The second kappa shape index (κ2) is 13.2. The smallest absolute Gasteiger partial charge is 0.248 e. The van der Waals surface area contributed by atoms with Gasteiger partial charge in [0.15, 0.2) is 20.9 Å². The van der Waals surface area contributed by atoms with E-state index in [2.05, 4.69) is 0 Å². The van der Waals surface area contributed by atoms with Crippen LogP contribution in [0.1, 0.15) is 33.6 Å². The number of phenolic OH excluding ortho intramolecular Hbond substituents is 1. The molecule has 6 rings (SSSR count). The van der Waals surface area contributed by atoms with Crippen molar-refractivity contribution < 1.29 is 52.7 Å². The van der Waals surface area contributed by atoms with Gasteiger partial charge in [-0.25, -0.2) is 12.8 Å². The van der Waals surface area contributed by atoms with Gasteiger partial charge >= 0.3 is 0 Å². The van der Waals surface area contributed by atoms with Crippen LogP contribution in [-0.2, 0) is 19.4 Å². The van der Waals surface area contributed by atoms with Gasteiger partial charge in [0.05, 0.1) is 12.6 Å². The van der Waals surface area contributed by atoms with Gasteiger partial charge < -0.3 is 35.2 Å². The molecule has 2 aliphatic rings. The summed E-state index contributed by atoms with van der Waals surface area (Å²) in [7, 11) is -4.41. The zero-order valence-electron chi connectivity index (χ0n) is 25.2. The Hall–Kier alpha value is -4.50. The largest absolute Gasteiger partial charge is 0.508 e. The number of phenols is 1. The number of nitrogens with zero attached hydrogens (tertiary/aromatic N) is 1. The monoisotopic (exact) mass is 677 g/mol. The second-order valence-electron chi connectivity index (χ2n) is 11.8. The summed E-state index contributed by atoms with van der Waals surface area (Å²) in [6.07, 6.45) is -6.58. The Morgan fingerprint density at radius 1 is 0.833 bits per heavy atom. The number of para-hydroxylation sites is 1. The molecule has 2 saturated heterocycles. The Balaban J connectivity index is 1.28. The minimum absolute atomic E-state index is 0.0204. The highest BCUT2D eigenvalue weighted by Crippen LogP contribution is 2.46. The van der Waals surface area contributed by atoms with E-state index in [0.29, 0.717) is 22.4 Å². The number of hydrogen-bond acceptors (Lipinski definition) is 10. The highest BCUT2D eigenvalue weighted by atomic mass is 32.2. The number of rotatable bonds is 9. The fourth-order valence-corrected chi connectivity index (χ4v) is 7.99. The maximum Gasteiger partial charge on any atom is 0.248 e. The number of carbonyl (C=O) groups excluding carboxylic acids is 2. The first-order valence-corrected chi connectivity index (χ1v) is 16.7. The minimum atomic E-state index is -4.41. The van der Waals surface area contributed by atoms with Crippen LogP contribution in [0.3, 0.4) is 0 Å². The molecule has 13 heteroatoms. The second-order valence-corrected chi connectivity index (χ2v) is 13.9. The molecule has 0 aromatic heterocycles. The lowest BCUT2D eigenvalue weighted by atomic mass is 9.89. The maximum absolute atomic E-state index is 13.6. The molecule has 2 heterocycles. The van der Waals surface area contributed by atoms with E-state index in [1.807, 2.05) is 0 Å². The van der Waals surface area contributed by atoms with E-state index in [-0.39, 0.29) is 16.9 Å². The SMILES string of the molecule is O=C(CS(=O)(=O)[C@H]1C(=O)N(c2ccccc2)[C@@H]1c1ccc(-c2ccc(C3O[C@H](CO)[C@@H](O)[C@H](O)[C@H]3O)cc2)cc1O)c1ccc(F)cc1. The molecule has 7 atom stereocenters. The topological polar surface area (TPSA) is 182 Å². The van der Waals surface area contributed by atoms with Gasteiger partial charge in [0.2, 0.25) is 5.91 Å². The van der Waals surface area contributed by atoms with E-state index in [0.717, 1.165) is 12.1 Å². The van der Waals surface area contributed by atoms with Crippen molar-refractivity contribution in [2.45, 2.75) is 41.8 Å². The third kappa shape index (κ3) is 6.12. The summed E-state index contributed by atoms with van der Waals surface area (Å²) >= 11 is 0. The molecule has 0 radical (unpaired) electrons. The molecule has 0 bridgehead atoms. The Morgan fingerprint density at radius 2 is 1.48 bits per heavy atom. The first kappa shape index (κ1) is 33.4. The predicted octanol–water partition coefficient (Wildman–Crippen LogP) is 2.47. The van der Waals surface area contributed by atoms with E-state index in [4.69, 9.17) is 4.74 Å². The van der Waals surface area contributed by atoms with Gasteiger partial charge in [-0.05, 0) is 59.2 Å². The molecule has 1 unspecified atom stereocenters. The lowest BCUT2D eigenvalue weighted by Gasteiger charge is -2.46. The van der Waals surface area contributed by atoms with Crippen LogP contribution < -0.4 is 4.90 Å². The Labute approximate surface area is 275 Å². The molecule has 0 spiro atoms. The number of β-lactam (4-membered cyclic amide) rings is 1. The molecule has 2 aliphatic heterocycles. The number of carbonyl (C=O) groups is 2. The normalized spacial score (nSPS) is 25.8. The van der Waals surface area contributed by atoms with Crippen LogP contribution in [0.15, 0.2) is 97.1 Å². The molecule has 5 N–H and O–H groups in total. The average Bonchev–Trinajstić information content (AvgIpc) is 3.07. The van der Waals surface area contributed by atoms with Gasteiger partial charge in [0, 0.05) is 16.8 Å². The molecule has 0 aliphatic carbocycles. The van der Waals surface area contributed by atoms with Crippen LogP contribution in [-0.4, -0.2) is 87.7 Å². The Kier molecular flexibility index (Phi) is 9.18. The fourth-order valence-electron chi connectivity index (χ4n) is 6.20. The zero-order valence-corrected chi connectivity index (χ0v) is 26.0. The van der Waals surface area contributed by atoms with Crippen molar-refractivity contribution in [2.24, 2.45) is 0 Å². The molecule has 1 amide bonds. The molecular weight excluding hydrogens is 645 g/mol. The molecule has 4 aromatic rings. The number of ether oxygens (including phenoxy) is 1. The van der Waals surface area contributed by atoms with Crippen molar-refractivity contribution >= 4 is 27.2 Å².